The minimum absolute atomic E-state index is 0.324. The van der Waals surface area contributed by atoms with Gasteiger partial charge in [-0.15, -0.1) is 0 Å². The highest BCUT2D eigenvalue weighted by Gasteiger charge is 2.34. The number of nitrogens with zero attached hydrogens (tertiary/aromatic N) is 1. The number of carboxylic acid groups (broad SMARTS) is 1. The molecule has 1 aromatic carbocycles. The maximum atomic E-state index is 11.3. The van der Waals surface area contributed by atoms with Crippen LogP contribution in [-0.2, 0) is 4.79 Å². The molecule has 0 amide bonds. The molecule has 3 nitrogen and oxygen atoms in total. The predicted molar refractivity (Wildman–Crippen MR) is 73.8 cm³/mol. The first kappa shape index (κ1) is 14.7. The molecule has 0 spiro atoms. The van der Waals surface area contributed by atoms with E-state index in [1.165, 1.54) is 5.56 Å². The van der Waals surface area contributed by atoms with Gasteiger partial charge >= 0.3 is 5.97 Å². The quantitative estimate of drug-likeness (QED) is 0.842. The van der Waals surface area contributed by atoms with Gasteiger partial charge in [-0.1, -0.05) is 44.2 Å². The van der Waals surface area contributed by atoms with Crippen LogP contribution in [0.1, 0.15) is 39.2 Å². The van der Waals surface area contributed by atoms with Crippen molar-refractivity contribution in [2.45, 2.75) is 39.2 Å². The molecule has 1 unspecified atom stereocenters. The van der Waals surface area contributed by atoms with Gasteiger partial charge in [-0.05, 0) is 31.9 Å². The first-order valence-electron chi connectivity index (χ1n) is 6.43. The predicted octanol–water partition coefficient (Wildman–Crippen LogP) is 2.98. The summed E-state index contributed by atoms with van der Waals surface area (Å²) in [5, 5.41) is 9.28. The molecule has 1 atom stereocenters. The zero-order chi connectivity index (χ0) is 13.8. The summed E-state index contributed by atoms with van der Waals surface area (Å²) in [5.74, 6) is -0.450. The van der Waals surface area contributed by atoms with E-state index in [-0.39, 0.29) is 0 Å². The van der Waals surface area contributed by atoms with E-state index in [1.807, 2.05) is 30.0 Å². The number of hydrogen-bond donors (Lipinski definition) is 1. The maximum absolute atomic E-state index is 11.3. The van der Waals surface area contributed by atoms with E-state index in [4.69, 9.17) is 0 Å². The van der Waals surface area contributed by atoms with Crippen LogP contribution in [-0.4, -0.2) is 34.6 Å². The average Bonchev–Trinajstić information content (AvgIpc) is 2.36. The SMILES string of the molecule is CCN(CC(C)c1ccccc1)C(C)(C)C(=O)O. The van der Waals surface area contributed by atoms with Gasteiger partial charge in [0.2, 0.25) is 0 Å². The lowest BCUT2D eigenvalue weighted by Gasteiger charge is -2.36. The number of aliphatic carboxylic acids is 1. The van der Waals surface area contributed by atoms with E-state index >= 15 is 0 Å². The summed E-state index contributed by atoms with van der Waals surface area (Å²) in [6.07, 6.45) is 0. The molecule has 1 aromatic rings. The number of likely N-dealkylation sites (N-methyl/N-ethyl adjacent to an activating group) is 1. The molecule has 0 aliphatic carbocycles. The number of hydrogen-bond acceptors (Lipinski definition) is 2. The van der Waals surface area contributed by atoms with Gasteiger partial charge in [0.1, 0.15) is 5.54 Å². The normalized spacial score (nSPS) is 13.6. The molecule has 18 heavy (non-hydrogen) atoms. The van der Waals surface area contributed by atoms with Crippen LogP contribution in [0.25, 0.3) is 0 Å². The summed E-state index contributed by atoms with van der Waals surface area (Å²) in [6, 6.07) is 10.2. The standard InChI is InChI=1S/C15H23NO2/c1-5-16(15(3,4)14(17)18)11-12(2)13-9-7-6-8-10-13/h6-10,12H,5,11H2,1-4H3,(H,17,18). The van der Waals surface area contributed by atoms with Crippen molar-refractivity contribution in [3.63, 3.8) is 0 Å². The Morgan fingerprint density at radius 2 is 1.89 bits per heavy atom. The van der Waals surface area contributed by atoms with Crippen molar-refractivity contribution < 1.29 is 9.90 Å². The fourth-order valence-electron chi connectivity index (χ4n) is 2.11. The van der Waals surface area contributed by atoms with E-state index < -0.39 is 11.5 Å². The van der Waals surface area contributed by atoms with Crippen LogP contribution in [0.15, 0.2) is 30.3 Å². The van der Waals surface area contributed by atoms with Gasteiger partial charge in [0, 0.05) is 6.54 Å². The largest absolute Gasteiger partial charge is 0.480 e. The third-order valence-corrected chi connectivity index (χ3v) is 3.56. The van der Waals surface area contributed by atoms with Crippen LogP contribution in [0.2, 0.25) is 0 Å². The molecule has 0 aliphatic rings. The third kappa shape index (κ3) is 3.33. The van der Waals surface area contributed by atoms with Crippen molar-refractivity contribution in [2.24, 2.45) is 0 Å². The van der Waals surface area contributed by atoms with E-state index in [9.17, 15) is 9.90 Å². The molecule has 0 bridgehead atoms. The molecule has 3 heteroatoms. The maximum Gasteiger partial charge on any atom is 0.323 e. The van der Waals surface area contributed by atoms with Crippen LogP contribution in [0.4, 0.5) is 0 Å². The lowest BCUT2D eigenvalue weighted by Crippen LogP contribution is -2.51. The van der Waals surface area contributed by atoms with Crippen molar-refractivity contribution in [1.29, 1.82) is 0 Å². The van der Waals surface area contributed by atoms with Crippen molar-refractivity contribution >= 4 is 5.97 Å². The molecule has 0 saturated carbocycles. The molecule has 1 rings (SSSR count). The smallest absolute Gasteiger partial charge is 0.323 e. The fraction of sp³-hybridized carbons (Fsp3) is 0.533. The second-order valence-electron chi connectivity index (χ2n) is 5.21. The third-order valence-electron chi connectivity index (χ3n) is 3.56. The van der Waals surface area contributed by atoms with E-state index in [1.54, 1.807) is 13.8 Å². The minimum Gasteiger partial charge on any atom is -0.480 e. The topological polar surface area (TPSA) is 40.5 Å². The van der Waals surface area contributed by atoms with Crippen LogP contribution < -0.4 is 0 Å². The van der Waals surface area contributed by atoms with Gasteiger partial charge in [-0.3, -0.25) is 9.69 Å². The highest BCUT2D eigenvalue weighted by molar-refractivity contribution is 5.77. The number of rotatable bonds is 6. The molecule has 1 N–H and O–H groups in total. The zero-order valence-corrected chi connectivity index (χ0v) is 11.7. The Balaban J connectivity index is 2.78. The Labute approximate surface area is 109 Å². The van der Waals surface area contributed by atoms with Crippen molar-refractivity contribution in [3.8, 4) is 0 Å². The van der Waals surface area contributed by atoms with Gasteiger partial charge in [0.15, 0.2) is 0 Å². The molecule has 0 heterocycles. The van der Waals surface area contributed by atoms with Crippen LogP contribution in [0.5, 0.6) is 0 Å². The van der Waals surface area contributed by atoms with Gasteiger partial charge in [0.05, 0.1) is 0 Å². The number of benzene rings is 1. The Bertz CT molecular complexity index is 387. The summed E-state index contributed by atoms with van der Waals surface area (Å²) < 4.78 is 0. The van der Waals surface area contributed by atoms with Crippen molar-refractivity contribution in [3.05, 3.63) is 35.9 Å². The Morgan fingerprint density at radius 1 is 1.33 bits per heavy atom. The van der Waals surface area contributed by atoms with E-state index in [0.717, 1.165) is 13.1 Å². The number of carbonyl (C=O) groups is 1. The molecule has 0 aliphatic heterocycles. The van der Waals surface area contributed by atoms with Crippen molar-refractivity contribution in [2.75, 3.05) is 13.1 Å². The summed E-state index contributed by atoms with van der Waals surface area (Å²) >= 11 is 0. The summed E-state index contributed by atoms with van der Waals surface area (Å²) in [4.78, 5) is 13.3. The first-order chi connectivity index (χ1) is 8.39. The molecule has 0 aromatic heterocycles. The van der Waals surface area contributed by atoms with Crippen LogP contribution in [0.3, 0.4) is 0 Å². The Hall–Kier alpha value is -1.35. The zero-order valence-electron chi connectivity index (χ0n) is 11.7. The summed E-state index contributed by atoms with van der Waals surface area (Å²) in [6.45, 7) is 9.14. The van der Waals surface area contributed by atoms with Gasteiger partial charge < -0.3 is 5.11 Å². The molecular weight excluding hydrogens is 226 g/mol. The van der Waals surface area contributed by atoms with E-state index in [0.29, 0.717) is 5.92 Å². The van der Waals surface area contributed by atoms with Gasteiger partial charge in [-0.2, -0.15) is 0 Å². The Morgan fingerprint density at radius 3 is 2.33 bits per heavy atom. The van der Waals surface area contributed by atoms with Gasteiger partial charge in [-0.25, -0.2) is 0 Å². The fourth-order valence-corrected chi connectivity index (χ4v) is 2.11. The highest BCUT2D eigenvalue weighted by Crippen LogP contribution is 2.21. The second kappa shape index (κ2) is 6.01. The lowest BCUT2D eigenvalue weighted by atomic mass is 9.96. The van der Waals surface area contributed by atoms with Crippen LogP contribution in [0, 0.1) is 0 Å². The van der Waals surface area contributed by atoms with Crippen molar-refractivity contribution in [1.82, 2.24) is 4.90 Å². The average molecular weight is 249 g/mol. The summed E-state index contributed by atoms with van der Waals surface area (Å²) in [5.41, 5.74) is 0.426. The minimum atomic E-state index is -0.822. The highest BCUT2D eigenvalue weighted by atomic mass is 16.4. The molecule has 0 fully saturated rings. The summed E-state index contributed by atoms with van der Waals surface area (Å²) in [7, 11) is 0. The van der Waals surface area contributed by atoms with Crippen LogP contribution >= 0.6 is 0 Å². The first-order valence-corrected chi connectivity index (χ1v) is 6.43. The molecular formula is C15H23NO2. The van der Waals surface area contributed by atoms with Gasteiger partial charge in [0.25, 0.3) is 0 Å². The second-order valence-corrected chi connectivity index (χ2v) is 5.21. The molecule has 0 radical (unpaired) electrons. The number of carboxylic acids is 1. The molecule has 0 saturated heterocycles. The Kier molecular flexibility index (Phi) is 4.91. The van der Waals surface area contributed by atoms with E-state index in [2.05, 4.69) is 19.1 Å². The monoisotopic (exact) mass is 249 g/mol. The lowest BCUT2D eigenvalue weighted by molar-refractivity contribution is -0.149. The molecule has 100 valence electrons.